The van der Waals surface area contributed by atoms with Crippen LogP contribution in [0.3, 0.4) is 0 Å². The van der Waals surface area contributed by atoms with Gasteiger partial charge in [-0.05, 0) is 23.6 Å². The Bertz CT molecular complexity index is 463. The van der Waals surface area contributed by atoms with Gasteiger partial charge in [0.25, 0.3) is 0 Å². The van der Waals surface area contributed by atoms with Crippen molar-refractivity contribution in [3.05, 3.63) is 29.8 Å². The lowest BCUT2D eigenvalue weighted by Gasteiger charge is -2.19. The number of hydrogen-bond donors (Lipinski definition) is 1. The minimum Gasteiger partial charge on any atom is -0.399 e. The highest BCUT2D eigenvalue weighted by atomic mass is 16.5. The summed E-state index contributed by atoms with van der Waals surface area (Å²) in [6.07, 6.45) is 0.410. The van der Waals surface area contributed by atoms with Crippen LogP contribution in [0.15, 0.2) is 24.3 Å². The lowest BCUT2D eigenvalue weighted by atomic mass is 9.97. The van der Waals surface area contributed by atoms with Crippen molar-refractivity contribution in [2.45, 2.75) is 31.5 Å². The van der Waals surface area contributed by atoms with Crippen LogP contribution in [0.25, 0.3) is 0 Å². The van der Waals surface area contributed by atoms with Crippen molar-refractivity contribution in [2.24, 2.45) is 0 Å². The van der Waals surface area contributed by atoms with Crippen molar-refractivity contribution in [1.82, 2.24) is 4.90 Å². The van der Waals surface area contributed by atoms with Gasteiger partial charge in [0, 0.05) is 39.4 Å². The predicted octanol–water partition coefficient (Wildman–Crippen LogP) is 1.63. The Labute approximate surface area is 126 Å². The first-order valence-corrected chi connectivity index (χ1v) is 7.24. The molecule has 0 saturated carbocycles. The van der Waals surface area contributed by atoms with Gasteiger partial charge in [-0.1, -0.05) is 19.1 Å². The number of benzene rings is 1. The van der Waals surface area contributed by atoms with E-state index in [1.54, 1.807) is 14.2 Å². The number of carbonyl (C=O) groups is 1. The highest BCUT2D eigenvalue weighted by molar-refractivity contribution is 5.77. The molecule has 1 aliphatic rings. The molecule has 116 valence electrons. The van der Waals surface area contributed by atoms with Crippen LogP contribution in [0, 0.1) is 0 Å². The fourth-order valence-electron chi connectivity index (χ4n) is 2.73. The Morgan fingerprint density at radius 3 is 2.24 bits per heavy atom. The summed E-state index contributed by atoms with van der Waals surface area (Å²) in [5.74, 6) is 0.307. The normalized spacial score (nSPS) is 23.3. The van der Waals surface area contributed by atoms with E-state index in [0.29, 0.717) is 19.5 Å². The minimum atomic E-state index is -0.0363. The smallest absolute Gasteiger partial charge is 0.223 e. The van der Waals surface area contributed by atoms with Crippen LogP contribution in [0.2, 0.25) is 0 Å². The summed E-state index contributed by atoms with van der Waals surface area (Å²) in [5.41, 5.74) is 7.55. The largest absolute Gasteiger partial charge is 0.399 e. The summed E-state index contributed by atoms with van der Waals surface area (Å²) < 4.78 is 10.7. The van der Waals surface area contributed by atoms with Crippen molar-refractivity contribution in [3.8, 4) is 0 Å². The predicted molar refractivity (Wildman–Crippen MR) is 82.1 cm³/mol. The first-order chi connectivity index (χ1) is 10.0. The molecule has 5 heteroatoms. The van der Waals surface area contributed by atoms with Gasteiger partial charge in [-0.3, -0.25) is 4.79 Å². The zero-order valence-electron chi connectivity index (χ0n) is 12.9. The number of nitrogen functional groups attached to an aromatic ring is 1. The number of rotatable bonds is 5. The van der Waals surface area contributed by atoms with Crippen LogP contribution in [0.1, 0.15) is 24.8 Å². The first-order valence-electron chi connectivity index (χ1n) is 7.24. The van der Waals surface area contributed by atoms with Gasteiger partial charge in [0.1, 0.15) is 12.2 Å². The molecule has 2 N–H and O–H groups in total. The van der Waals surface area contributed by atoms with Crippen LogP contribution >= 0.6 is 0 Å². The number of ether oxygens (including phenoxy) is 2. The van der Waals surface area contributed by atoms with Crippen LogP contribution in [0.5, 0.6) is 0 Å². The molecule has 1 heterocycles. The summed E-state index contributed by atoms with van der Waals surface area (Å²) in [5, 5.41) is 0. The molecule has 1 saturated heterocycles. The Balaban J connectivity index is 1.94. The van der Waals surface area contributed by atoms with Crippen molar-refractivity contribution < 1.29 is 14.3 Å². The molecule has 0 aromatic heterocycles. The van der Waals surface area contributed by atoms with Crippen LogP contribution in [0.4, 0.5) is 5.69 Å². The van der Waals surface area contributed by atoms with E-state index < -0.39 is 0 Å². The molecule has 0 aliphatic carbocycles. The molecule has 0 spiro atoms. The number of anilines is 1. The number of likely N-dealkylation sites (tertiary alicyclic amines) is 1. The van der Waals surface area contributed by atoms with Crippen LogP contribution in [-0.2, 0) is 14.3 Å². The maximum atomic E-state index is 12.4. The van der Waals surface area contributed by atoms with E-state index >= 15 is 0 Å². The van der Waals surface area contributed by atoms with E-state index in [1.165, 1.54) is 0 Å². The zero-order valence-corrected chi connectivity index (χ0v) is 12.9. The molecular formula is C16H24N2O3. The van der Waals surface area contributed by atoms with E-state index in [9.17, 15) is 4.79 Å². The molecule has 0 radical (unpaired) electrons. The zero-order chi connectivity index (χ0) is 15.4. The topological polar surface area (TPSA) is 64.8 Å². The van der Waals surface area contributed by atoms with E-state index in [1.807, 2.05) is 29.2 Å². The summed E-state index contributed by atoms with van der Waals surface area (Å²) >= 11 is 0. The van der Waals surface area contributed by atoms with Gasteiger partial charge in [0.15, 0.2) is 0 Å². The summed E-state index contributed by atoms with van der Waals surface area (Å²) in [7, 11) is 3.31. The third kappa shape index (κ3) is 3.74. The standard InChI is InChI=1S/C16H24N2O3/c1-11(12-4-6-13(17)7-5-12)8-16(19)18-9-14(20-2)15(10-18)21-3/h4-7,11,14-15H,8-10,17H2,1-3H3. The van der Waals surface area contributed by atoms with Crippen LogP contribution < -0.4 is 5.73 Å². The quantitative estimate of drug-likeness (QED) is 0.838. The lowest BCUT2D eigenvalue weighted by molar-refractivity contribution is -0.131. The number of nitrogens with zero attached hydrogens (tertiary/aromatic N) is 1. The van der Waals surface area contributed by atoms with Crippen LogP contribution in [-0.4, -0.2) is 50.3 Å². The Morgan fingerprint density at radius 2 is 1.76 bits per heavy atom. The van der Waals surface area contributed by atoms with Gasteiger partial charge in [0.2, 0.25) is 5.91 Å². The van der Waals surface area contributed by atoms with E-state index in [-0.39, 0.29) is 24.0 Å². The number of nitrogens with two attached hydrogens (primary N) is 1. The molecule has 2 rings (SSSR count). The second-order valence-electron chi connectivity index (χ2n) is 5.62. The van der Waals surface area contributed by atoms with Crippen molar-refractivity contribution >= 4 is 11.6 Å². The fraction of sp³-hybridized carbons (Fsp3) is 0.562. The molecule has 0 bridgehead atoms. The lowest BCUT2D eigenvalue weighted by Crippen LogP contribution is -2.30. The third-order valence-corrected chi connectivity index (χ3v) is 4.16. The minimum absolute atomic E-state index is 0.0363. The molecule has 1 aromatic rings. The second kappa shape index (κ2) is 6.91. The summed E-state index contributed by atoms with van der Waals surface area (Å²) in [6, 6.07) is 7.70. The summed E-state index contributed by atoms with van der Waals surface area (Å²) in [6.45, 7) is 3.26. The first kappa shape index (κ1) is 15.8. The molecular weight excluding hydrogens is 268 g/mol. The average Bonchev–Trinajstić information content (AvgIpc) is 2.91. The van der Waals surface area contributed by atoms with Crippen molar-refractivity contribution in [1.29, 1.82) is 0 Å². The molecule has 1 aromatic carbocycles. The van der Waals surface area contributed by atoms with E-state index in [4.69, 9.17) is 15.2 Å². The number of carbonyl (C=O) groups excluding carboxylic acids is 1. The van der Waals surface area contributed by atoms with Gasteiger partial charge in [-0.2, -0.15) is 0 Å². The number of amides is 1. The number of hydrogen-bond acceptors (Lipinski definition) is 4. The fourth-order valence-corrected chi connectivity index (χ4v) is 2.73. The van der Waals surface area contributed by atoms with Crippen molar-refractivity contribution in [3.63, 3.8) is 0 Å². The Morgan fingerprint density at radius 1 is 1.24 bits per heavy atom. The van der Waals surface area contributed by atoms with Gasteiger partial charge >= 0.3 is 0 Å². The third-order valence-electron chi connectivity index (χ3n) is 4.16. The van der Waals surface area contributed by atoms with E-state index in [2.05, 4.69) is 6.92 Å². The van der Waals surface area contributed by atoms with Gasteiger partial charge in [0.05, 0.1) is 0 Å². The SMILES string of the molecule is COC1CN(C(=O)CC(C)c2ccc(N)cc2)CC1OC. The van der Waals surface area contributed by atoms with E-state index in [0.717, 1.165) is 11.3 Å². The molecule has 5 nitrogen and oxygen atoms in total. The highest BCUT2D eigenvalue weighted by Crippen LogP contribution is 2.23. The molecule has 3 atom stereocenters. The maximum absolute atomic E-state index is 12.4. The molecule has 1 amide bonds. The van der Waals surface area contributed by atoms with Crippen molar-refractivity contribution in [2.75, 3.05) is 33.0 Å². The monoisotopic (exact) mass is 292 g/mol. The molecule has 1 aliphatic heterocycles. The Kier molecular flexibility index (Phi) is 5.20. The maximum Gasteiger partial charge on any atom is 0.223 e. The van der Waals surface area contributed by atoms with Gasteiger partial charge < -0.3 is 20.1 Å². The average molecular weight is 292 g/mol. The Hall–Kier alpha value is -1.59. The van der Waals surface area contributed by atoms with Gasteiger partial charge in [-0.15, -0.1) is 0 Å². The molecule has 1 fully saturated rings. The number of methoxy groups -OCH3 is 2. The second-order valence-corrected chi connectivity index (χ2v) is 5.62. The molecule has 3 unspecified atom stereocenters. The highest BCUT2D eigenvalue weighted by Gasteiger charge is 2.35. The van der Waals surface area contributed by atoms with Gasteiger partial charge in [-0.25, -0.2) is 0 Å². The summed E-state index contributed by atoms with van der Waals surface area (Å²) in [4.78, 5) is 14.2. The molecule has 21 heavy (non-hydrogen) atoms.